The lowest BCUT2D eigenvalue weighted by molar-refractivity contribution is -0.127. The fourth-order valence-corrected chi connectivity index (χ4v) is 2.02. The highest BCUT2D eigenvalue weighted by molar-refractivity contribution is 6.21. The smallest absolute Gasteiger partial charge is 0.243 e. The summed E-state index contributed by atoms with van der Waals surface area (Å²) in [4.78, 5) is 24.5. The number of rotatable bonds is 0. The molecule has 2 rings (SSSR count). The maximum Gasteiger partial charge on any atom is 0.243 e. The van der Waals surface area contributed by atoms with Gasteiger partial charge in [0.25, 0.3) is 0 Å². The number of amides is 2. The number of halogens is 1. The van der Waals surface area contributed by atoms with Gasteiger partial charge in [-0.2, -0.15) is 0 Å². The minimum absolute atomic E-state index is 0.305. The Kier molecular flexibility index (Phi) is 2.12. The lowest BCUT2D eigenvalue weighted by Crippen LogP contribution is -2.38. The zero-order valence-corrected chi connectivity index (χ0v) is 9.37. The van der Waals surface area contributed by atoms with Crippen LogP contribution in [0.1, 0.15) is 26.3 Å². The molecule has 1 aromatic rings. The molecule has 0 fully saturated rings. The topological polar surface area (TPSA) is 37.4 Å². The van der Waals surface area contributed by atoms with Crippen molar-refractivity contribution >= 4 is 17.5 Å². The van der Waals surface area contributed by atoms with Crippen LogP contribution < -0.4 is 4.90 Å². The number of hydrogen-bond donors (Lipinski definition) is 0. The SMILES string of the molecule is CC(=O)N1C(=O)C(C)(C)c2cc(F)ccc21. The van der Waals surface area contributed by atoms with Crippen molar-refractivity contribution in [3.05, 3.63) is 29.6 Å². The molecule has 0 atom stereocenters. The Labute approximate surface area is 92.9 Å². The summed E-state index contributed by atoms with van der Waals surface area (Å²) in [5.41, 5.74) is 0.208. The highest BCUT2D eigenvalue weighted by Gasteiger charge is 2.45. The quantitative estimate of drug-likeness (QED) is 0.672. The van der Waals surface area contributed by atoms with Crippen molar-refractivity contribution in [1.29, 1.82) is 0 Å². The van der Waals surface area contributed by atoms with Crippen LogP contribution in [0.4, 0.5) is 10.1 Å². The molecule has 1 aromatic carbocycles. The minimum Gasteiger partial charge on any atom is -0.274 e. The van der Waals surface area contributed by atoms with E-state index >= 15 is 0 Å². The lowest BCUT2D eigenvalue weighted by atomic mass is 9.86. The maximum absolute atomic E-state index is 13.1. The predicted octanol–water partition coefficient (Wildman–Crippen LogP) is 2.00. The van der Waals surface area contributed by atoms with Gasteiger partial charge in [-0.05, 0) is 37.6 Å². The second kappa shape index (κ2) is 3.14. The van der Waals surface area contributed by atoms with Gasteiger partial charge in [0.2, 0.25) is 11.8 Å². The molecule has 0 spiro atoms. The van der Waals surface area contributed by atoms with E-state index in [9.17, 15) is 14.0 Å². The molecule has 3 nitrogen and oxygen atoms in total. The Hall–Kier alpha value is -1.71. The molecule has 0 unspecified atom stereocenters. The fraction of sp³-hybridized carbons (Fsp3) is 0.333. The number of carbonyl (C=O) groups is 2. The molecule has 2 amide bonds. The van der Waals surface area contributed by atoms with Gasteiger partial charge in [0.15, 0.2) is 0 Å². The molecular weight excluding hydrogens is 209 g/mol. The molecule has 0 radical (unpaired) electrons. The highest BCUT2D eigenvalue weighted by atomic mass is 19.1. The van der Waals surface area contributed by atoms with Crippen molar-refractivity contribution < 1.29 is 14.0 Å². The number of benzene rings is 1. The van der Waals surface area contributed by atoms with Gasteiger partial charge in [0, 0.05) is 6.92 Å². The van der Waals surface area contributed by atoms with Crippen LogP contribution in [0.25, 0.3) is 0 Å². The first-order valence-corrected chi connectivity index (χ1v) is 5.01. The average molecular weight is 221 g/mol. The summed E-state index contributed by atoms with van der Waals surface area (Å²) in [6.07, 6.45) is 0. The van der Waals surface area contributed by atoms with E-state index in [1.54, 1.807) is 13.8 Å². The molecule has 1 aliphatic rings. The molecule has 84 valence electrons. The second-order valence-electron chi connectivity index (χ2n) is 4.45. The van der Waals surface area contributed by atoms with Crippen LogP contribution in [-0.2, 0) is 15.0 Å². The zero-order valence-electron chi connectivity index (χ0n) is 9.37. The molecule has 0 aliphatic carbocycles. The predicted molar refractivity (Wildman–Crippen MR) is 57.6 cm³/mol. The van der Waals surface area contributed by atoms with Crippen molar-refractivity contribution in [2.45, 2.75) is 26.2 Å². The van der Waals surface area contributed by atoms with Gasteiger partial charge in [-0.3, -0.25) is 9.59 Å². The van der Waals surface area contributed by atoms with E-state index in [0.717, 1.165) is 4.90 Å². The second-order valence-corrected chi connectivity index (χ2v) is 4.45. The van der Waals surface area contributed by atoms with Crippen LogP contribution >= 0.6 is 0 Å². The Bertz CT molecular complexity index is 494. The van der Waals surface area contributed by atoms with Gasteiger partial charge in [-0.15, -0.1) is 0 Å². The minimum atomic E-state index is -0.844. The fourth-order valence-electron chi connectivity index (χ4n) is 2.02. The third-order valence-corrected chi connectivity index (χ3v) is 2.93. The Morgan fingerprint density at radius 2 is 2.00 bits per heavy atom. The summed E-state index contributed by atoms with van der Waals surface area (Å²) in [5.74, 6) is -1.05. The Morgan fingerprint density at radius 3 is 2.56 bits per heavy atom. The van der Waals surface area contributed by atoms with E-state index in [0.29, 0.717) is 11.3 Å². The molecule has 0 N–H and O–H groups in total. The van der Waals surface area contributed by atoms with Crippen molar-refractivity contribution in [2.75, 3.05) is 4.90 Å². The number of anilines is 1. The maximum atomic E-state index is 13.1. The summed E-state index contributed by atoms with van der Waals surface area (Å²) in [6, 6.07) is 4.04. The van der Waals surface area contributed by atoms with E-state index in [1.807, 2.05) is 0 Å². The summed E-state index contributed by atoms with van der Waals surface area (Å²) in [7, 11) is 0. The number of nitrogens with zero attached hydrogens (tertiary/aromatic N) is 1. The van der Waals surface area contributed by atoms with Crippen LogP contribution in [0.3, 0.4) is 0 Å². The standard InChI is InChI=1S/C12H12FNO2/c1-7(15)14-10-5-4-8(13)6-9(10)12(2,3)11(14)16/h4-6H,1-3H3. The molecule has 0 aromatic heterocycles. The molecule has 0 saturated carbocycles. The lowest BCUT2D eigenvalue weighted by Gasteiger charge is -2.17. The number of hydrogen-bond acceptors (Lipinski definition) is 2. The van der Waals surface area contributed by atoms with E-state index in [2.05, 4.69) is 0 Å². The summed E-state index contributed by atoms with van der Waals surface area (Å²) in [6.45, 7) is 4.71. The molecule has 0 saturated heterocycles. The first kappa shape index (κ1) is 10.8. The van der Waals surface area contributed by atoms with Gasteiger partial charge in [-0.1, -0.05) is 0 Å². The van der Waals surface area contributed by atoms with Gasteiger partial charge < -0.3 is 0 Å². The van der Waals surface area contributed by atoms with E-state index in [4.69, 9.17) is 0 Å². The van der Waals surface area contributed by atoms with E-state index in [1.165, 1.54) is 25.1 Å². The number of imide groups is 1. The average Bonchev–Trinajstić information content (AvgIpc) is 2.37. The van der Waals surface area contributed by atoms with Gasteiger partial charge >= 0.3 is 0 Å². The van der Waals surface area contributed by atoms with Crippen molar-refractivity contribution in [1.82, 2.24) is 0 Å². The normalized spacial score (nSPS) is 17.5. The van der Waals surface area contributed by atoms with Gasteiger partial charge in [-0.25, -0.2) is 9.29 Å². The first-order chi connectivity index (χ1) is 7.35. The summed E-state index contributed by atoms with van der Waals surface area (Å²) in [5, 5.41) is 0. The molecule has 1 aliphatic heterocycles. The van der Waals surface area contributed by atoms with Crippen molar-refractivity contribution in [3.63, 3.8) is 0 Å². The summed E-state index contributed by atoms with van der Waals surface area (Å²) < 4.78 is 13.1. The van der Waals surface area contributed by atoms with Crippen LogP contribution in [0.15, 0.2) is 18.2 Å². The van der Waals surface area contributed by atoms with Gasteiger partial charge in [0.1, 0.15) is 5.82 Å². The van der Waals surface area contributed by atoms with E-state index < -0.39 is 11.2 Å². The van der Waals surface area contributed by atoms with Crippen LogP contribution in [0, 0.1) is 5.82 Å². The third-order valence-electron chi connectivity index (χ3n) is 2.93. The highest BCUT2D eigenvalue weighted by Crippen LogP contribution is 2.41. The zero-order chi connectivity index (χ0) is 12.1. The molecule has 16 heavy (non-hydrogen) atoms. The first-order valence-electron chi connectivity index (χ1n) is 5.01. The van der Waals surface area contributed by atoms with Crippen LogP contribution in [0.2, 0.25) is 0 Å². The summed E-state index contributed by atoms with van der Waals surface area (Å²) >= 11 is 0. The molecule has 0 bridgehead atoms. The van der Waals surface area contributed by atoms with Crippen LogP contribution in [0.5, 0.6) is 0 Å². The molecular formula is C12H12FNO2. The monoisotopic (exact) mass is 221 g/mol. The van der Waals surface area contributed by atoms with Crippen LogP contribution in [-0.4, -0.2) is 11.8 Å². The Morgan fingerprint density at radius 1 is 1.38 bits per heavy atom. The number of fused-ring (bicyclic) bond motifs is 1. The van der Waals surface area contributed by atoms with Crippen molar-refractivity contribution in [3.8, 4) is 0 Å². The Balaban J connectivity index is 2.69. The largest absolute Gasteiger partial charge is 0.274 e. The molecule has 1 heterocycles. The third kappa shape index (κ3) is 1.26. The van der Waals surface area contributed by atoms with E-state index in [-0.39, 0.29) is 11.8 Å². The molecule has 4 heteroatoms. The van der Waals surface area contributed by atoms with Gasteiger partial charge in [0.05, 0.1) is 11.1 Å². The number of carbonyl (C=O) groups excluding carboxylic acids is 2. The van der Waals surface area contributed by atoms with Crippen molar-refractivity contribution in [2.24, 2.45) is 0 Å².